The summed E-state index contributed by atoms with van der Waals surface area (Å²) in [5.41, 5.74) is 4.15. The monoisotopic (exact) mass is 372 g/mol. The number of ether oxygens (including phenoxy) is 1. The Morgan fingerprint density at radius 1 is 1.00 bits per heavy atom. The predicted molar refractivity (Wildman–Crippen MR) is 112 cm³/mol. The molecule has 4 aromatic rings. The molecule has 0 atom stereocenters. The Balaban J connectivity index is 1.61. The summed E-state index contributed by atoms with van der Waals surface area (Å²) in [7, 11) is 0. The molecular weight excluding hydrogens is 352 g/mol. The summed E-state index contributed by atoms with van der Waals surface area (Å²) in [6.45, 7) is 2.53. The number of benzene rings is 2. The first kappa shape index (κ1) is 17.6. The minimum Gasteiger partial charge on any atom is -0.494 e. The van der Waals surface area contributed by atoms with Gasteiger partial charge in [-0.15, -0.1) is 0 Å². The number of hydrogen-bond donors (Lipinski definition) is 3. The maximum atomic E-state index is 12.6. The van der Waals surface area contributed by atoms with Crippen LogP contribution in [0.4, 0.5) is 16.2 Å². The molecule has 6 nitrogen and oxygen atoms in total. The third kappa shape index (κ3) is 3.66. The number of hydrogen-bond acceptors (Lipinski definition) is 3. The Labute approximate surface area is 162 Å². The molecule has 28 heavy (non-hydrogen) atoms. The molecule has 4 rings (SSSR count). The lowest BCUT2D eigenvalue weighted by atomic mass is 10.1. The second-order valence-electron chi connectivity index (χ2n) is 6.19. The summed E-state index contributed by atoms with van der Waals surface area (Å²) in [6.07, 6.45) is 3.45. The van der Waals surface area contributed by atoms with Crippen LogP contribution in [0.15, 0.2) is 73.1 Å². The molecule has 0 fully saturated rings. The molecule has 3 N–H and O–H groups in total. The van der Waals surface area contributed by atoms with Gasteiger partial charge in [0, 0.05) is 34.5 Å². The lowest BCUT2D eigenvalue weighted by molar-refractivity contribution is 0.262. The van der Waals surface area contributed by atoms with Crippen LogP contribution in [0, 0.1) is 0 Å². The van der Waals surface area contributed by atoms with E-state index in [0.29, 0.717) is 12.3 Å². The van der Waals surface area contributed by atoms with E-state index in [2.05, 4.69) is 20.6 Å². The number of nitrogens with zero attached hydrogens (tertiary/aromatic N) is 1. The average Bonchev–Trinajstić information content (AvgIpc) is 3.09. The molecule has 0 aliphatic rings. The van der Waals surface area contributed by atoms with Crippen LogP contribution in [0.2, 0.25) is 0 Å². The Morgan fingerprint density at radius 3 is 2.50 bits per heavy atom. The molecule has 2 heterocycles. The fourth-order valence-electron chi connectivity index (χ4n) is 3.08. The average molecular weight is 372 g/mol. The molecule has 0 unspecified atom stereocenters. The molecule has 0 bridgehead atoms. The van der Waals surface area contributed by atoms with Crippen molar-refractivity contribution in [2.45, 2.75) is 6.92 Å². The minimum absolute atomic E-state index is 0.316. The van der Waals surface area contributed by atoms with Crippen molar-refractivity contribution in [3.8, 4) is 17.0 Å². The normalized spacial score (nSPS) is 10.6. The first-order chi connectivity index (χ1) is 13.7. The molecule has 2 amide bonds. The van der Waals surface area contributed by atoms with E-state index in [4.69, 9.17) is 4.74 Å². The molecule has 0 spiro atoms. The summed E-state index contributed by atoms with van der Waals surface area (Å²) in [6, 6.07) is 18.6. The molecule has 140 valence electrons. The van der Waals surface area contributed by atoms with Crippen LogP contribution < -0.4 is 15.4 Å². The van der Waals surface area contributed by atoms with Crippen LogP contribution >= 0.6 is 0 Å². The number of aromatic nitrogens is 2. The van der Waals surface area contributed by atoms with E-state index in [1.165, 1.54) is 0 Å². The van der Waals surface area contributed by atoms with Gasteiger partial charge in [-0.1, -0.05) is 18.2 Å². The molecule has 0 radical (unpaired) electrons. The number of pyridine rings is 1. The first-order valence-corrected chi connectivity index (χ1v) is 9.06. The highest BCUT2D eigenvalue weighted by Gasteiger charge is 2.15. The molecule has 0 aliphatic carbocycles. The van der Waals surface area contributed by atoms with Crippen LogP contribution in [0.1, 0.15) is 6.92 Å². The summed E-state index contributed by atoms with van der Waals surface area (Å²) >= 11 is 0. The first-order valence-electron chi connectivity index (χ1n) is 9.06. The van der Waals surface area contributed by atoms with Crippen LogP contribution in [0.5, 0.6) is 5.75 Å². The van der Waals surface area contributed by atoms with E-state index in [9.17, 15) is 4.79 Å². The molecule has 6 heteroatoms. The molecule has 2 aromatic carbocycles. The van der Waals surface area contributed by atoms with E-state index in [0.717, 1.165) is 33.6 Å². The number of aromatic amines is 1. The number of anilines is 2. The van der Waals surface area contributed by atoms with Crippen LogP contribution in [-0.4, -0.2) is 22.6 Å². The summed E-state index contributed by atoms with van der Waals surface area (Å²) in [5.74, 6) is 0.769. The van der Waals surface area contributed by atoms with Gasteiger partial charge in [-0.2, -0.15) is 0 Å². The van der Waals surface area contributed by atoms with Crippen LogP contribution in [0.3, 0.4) is 0 Å². The highest BCUT2D eigenvalue weighted by molar-refractivity contribution is 6.10. The summed E-state index contributed by atoms with van der Waals surface area (Å²) in [5, 5.41) is 6.79. The Morgan fingerprint density at radius 2 is 1.75 bits per heavy atom. The van der Waals surface area contributed by atoms with Crippen molar-refractivity contribution in [1.82, 2.24) is 9.97 Å². The maximum Gasteiger partial charge on any atom is 0.323 e. The van der Waals surface area contributed by atoms with Crippen molar-refractivity contribution in [3.63, 3.8) is 0 Å². The van der Waals surface area contributed by atoms with Gasteiger partial charge >= 0.3 is 6.03 Å². The van der Waals surface area contributed by atoms with Gasteiger partial charge in [-0.3, -0.25) is 4.98 Å². The second kappa shape index (κ2) is 7.84. The van der Waals surface area contributed by atoms with Crippen molar-refractivity contribution in [2.75, 3.05) is 17.2 Å². The SMILES string of the molecule is CCOc1ccc(NC(=O)Nc2c(-c3ccncc3)[nH]c3ccccc23)cc1. The van der Waals surface area contributed by atoms with E-state index in [1.54, 1.807) is 12.4 Å². The predicted octanol–water partition coefficient (Wildman–Crippen LogP) is 5.27. The zero-order chi connectivity index (χ0) is 19.3. The highest BCUT2D eigenvalue weighted by Crippen LogP contribution is 2.34. The largest absolute Gasteiger partial charge is 0.494 e. The number of urea groups is 1. The number of H-pyrrole nitrogens is 1. The van der Waals surface area contributed by atoms with Crippen molar-refractivity contribution < 1.29 is 9.53 Å². The fourth-order valence-corrected chi connectivity index (χ4v) is 3.08. The lowest BCUT2D eigenvalue weighted by Crippen LogP contribution is -2.19. The number of carbonyl (C=O) groups excluding carboxylic acids is 1. The molecule has 0 aliphatic heterocycles. The van der Waals surface area contributed by atoms with E-state index >= 15 is 0 Å². The smallest absolute Gasteiger partial charge is 0.323 e. The van der Waals surface area contributed by atoms with Crippen LogP contribution in [-0.2, 0) is 0 Å². The topological polar surface area (TPSA) is 79.0 Å². The summed E-state index contributed by atoms with van der Waals surface area (Å²) in [4.78, 5) is 20.1. The van der Waals surface area contributed by atoms with Gasteiger partial charge in [-0.05, 0) is 49.4 Å². The number of para-hydroxylation sites is 1. The Bertz CT molecular complexity index is 1090. The fraction of sp³-hybridized carbons (Fsp3) is 0.0909. The van der Waals surface area contributed by atoms with Gasteiger partial charge in [0.25, 0.3) is 0 Å². The molecular formula is C22H20N4O2. The van der Waals surface area contributed by atoms with Gasteiger partial charge in [-0.25, -0.2) is 4.79 Å². The summed E-state index contributed by atoms with van der Waals surface area (Å²) < 4.78 is 5.43. The third-order valence-corrected chi connectivity index (χ3v) is 4.34. The van der Waals surface area contributed by atoms with Gasteiger partial charge in [0.1, 0.15) is 5.75 Å². The zero-order valence-corrected chi connectivity index (χ0v) is 15.4. The van der Waals surface area contributed by atoms with Crippen LogP contribution in [0.25, 0.3) is 22.2 Å². The minimum atomic E-state index is -0.316. The lowest BCUT2D eigenvalue weighted by Gasteiger charge is -2.10. The van der Waals surface area contributed by atoms with Gasteiger partial charge in [0.2, 0.25) is 0 Å². The standard InChI is InChI=1S/C22H20N4O2/c1-2-28-17-9-7-16(8-10-17)24-22(27)26-21-18-5-3-4-6-19(18)25-20(21)15-11-13-23-14-12-15/h3-14,25H,2H2,1H3,(H2,24,26,27). The molecule has 0 saturated heterocycles. The molecule has 0 saturated carbocycles. The van der Waals surface area contributed by atoms with Crippen molar-refractivity contribution in [2.24, 2.45) is 0 Å². The van der Waals surface area contributed by atoms with Crippen molar-refractivity contribution in [3.05, 3.63) is 73.1 Å². The third-order valence-electron chi connectivity index (χ3n) is 4.34. The van der Waals surface area contributed by atoms with E-state index < -0.39 is 0 Å². The Kier molecular flexibility index (Phi) is 4.93. The van der Waals surface area contributed by atoms with E-state index in [1.807, 2.05) is 67.6 Å². The molecule has 2 aromatic heterocycles. The number of amides is 2. The second-order valence-corrected chi connectivity index (χ2v) is 6.19. The highest BCUT2D eigenvalue weighted by atomic mass is 16.5. The van der Waals surface area contributed by atoms with Crippen molar-refractivity contribution in [1.29, 1.82) is 0 Å². The van der Waals surface area contributed by atoms with Crippen molar-refractivity contribution >= 4 is 28.3 Å². The van der Waals surface area contributed by atoms with Gasteiger partial charge in [0.15, 0.2) is 0 Å². The van der Waals surface area contributed by atoms with Gasteiger partial charge < -0.3 is 20.4 Å². The number of fused-ring (bicyclic) bond motifs is 1. The zero-order valence-electron chi connectivity index (χ0n) is 15.4. The maximum absolute atomic E-state index is 12.6. The Hall–Kier alpha value is -3.80. The number of nitrogens with one attached hydrogen (secondary N) is 3. The van der Waals surface area contributed by atoms with Gasteiger partial charge in [0.05, 0.1) is 18.0 Å². The van der Waals surface area contributed by atoms with E-state index in [-0.39, 0.29) is 6.03 Å². The number of carbonyl (C=O) groups is 1. The quantitative estimate of drug-likeness (QED) is 0.446. The number of rotatable bonds is 5.